The van der Waals surface area contributed by atoms with Crippen LogP contribution in [0, 0.1) is 12.8 Å². The number of aryl methyl sites for hydroxylation is 1. The third-order valence-electron chi connectivity index (χ3n) is 6.95. The van der Waals surface area contributed by atoms with Crippen molar-refractivity contribution in [1.29, 1.82) is 0 Å². The molecule has 1 saturated heterocycles. The summed E-state index contributed by atoms with van der Waals surface area (Å²) in [5.74, 6) is -0.465. The van der Waals surface area contributed by atoms with Crippen LogP contribution in [0.15, 0.2) is 76.4 Å². The van der Waals surface area contributed by atoms with Crippen LogP contribution in [0.5, 0.6) is 0 Å². The molecule has 2 unspecified atom stereocenters. The lowest BCUT2D eigenvalue weighted by Gasteiger charge is -2.43. The molecule has 192 valence electrons. The number of aromatic amines is 1. The normalized spacial score (nSPS) is 22.6. The molecule has 4 rings (SSSR count). The van der Waals surface area contributed by atoms with Gasteiger partial charge in [0.05, 0.1) is 12.7 Å². The van der Waals surface area contributed by atoms with Crippen LogP contribution in [0.25, 0.3) is 0 Å². The maximum atomic E-state index is 15.7. The number of nitrogens with one attached hydrogen (secondary N) is 1. The Kier molecular flexibility index (Phi) is 8.03. The molecular formula is C27H32FIN2O4Si. The van der Waals surface area contributed by atoms with Gasteiger partial charge in [0.1, 0.15) is 0 Å². The minimum absolute atomic E-state index is 0.189. The number of rotatable bonds is 7. The van der Waals surface area contributed by atoms with E-state index in [9.17, 15) is 9.59 Å². The fourth-order valence-electron chi connectivity index (χ4n) is 5.08. The van der Waals surface area contributed by atoms with E-state index in [1.807, 2.05) is 36.4 Å². The number of hydrogen-bond donors (Lipinski definition) is 1. The molecule has 0 radical (unpaired) electrons. The van der Waals surface area contributed by atoms with Crippen molar-refractivity contribution in [2.24, 2.45) is 5.92 Å². The molecule has 3 aromatic rings. The summed E-state index contributed by atoms with van der Waals surface area (Å²) in [6, 6.07) is 20.5. The molecule has 1 aliphatic heterocycles. The van der Waals surface area contributed by atoms with Crippen LogP contribution in [0.3, 0.4) is 0 Å². The first-order valence-electron chi connectivity index (χ1n) is 12.0. The predicted octanol–water partition coefficient (Wildman–Crippen LogP) is 3.71. The van der Waals surface area contributed by atoms with Gasteiger partial charge in [-0.3, -0.25) is 14.3 Å². The van der Waals surface area contributed by atoms with E-state index in [0.29, 0.717) is 9.99 Å². The van der Waals surface area contributed by atoms with Crippen LogP contribution >= 0.6 is 22.6 Å². The van der Waals surface area contributed by atoms with Gasteiger partial charge in [0.2, 0.25) is 0 Å². The molecule has 6 nitrogen and oxygen atoms in total. The van der Waals surface area contributed by atoms with Crippen LogP contribution in [0.1, 0.15) is 32.6 Å². The van der Waals surface area contributed by atoms with Gasteiger partial charge in [-0.1, -0.05) is 104 Å². The molecule has 36 heavy (non-hydrogen) atoms. The van der Waals surface area contributed by atoms with Gasteiger partial charge < -0.3 is 9.16 Å². The van der Waals surface area contributed by atoms with Crippen LogP contribution in [-0.2, 0) is 9.16 Å². The highest BCUT2D eigenvalue weighted by Gasteiger charge is 2.52. The summed E-state index contributed by atoms with van der Waals surface area (Å²) >= 11 is 2.16. The Morgan fingerprint density at radius 3 is 2.11 bits per heavy atom. The monoisotopic (exact) mass is 622 g/mol. The number of ether oxygens (including phenoxy) is 1. The zero-order chi connectivity index (χ0) is 26.1. The van der Waals surface area contributed by atoms with E-state index < -0.39 is 44.0 Å². The molecule has 4 atom stereocenters. The summed E-state index contributed by atoms with van der Waals surface area (Å²) in [7, 11) is -2.83. The van der Waals surface area contributed by atoms with Crippen molar-refractivity contribution in [2.75, 3.05) is 11.0 Å². The number of halogens is 2. The van der Waals surface area contributed by atoms with Crippen LogP contribution < -0.4 is 21.6 Å². The standard InChI is InChI=1S/C27H32FIN2O4Si/c1-18-16-31(26(33)30-24(18)32)25-23(28)21(15-29)22(35-25)17-34-36(27(2,3)4,19-11-7-5-8-12-19)20-13-9-6-10-14-20/h5-14,16,21-23,25H,15,17H2,1-4H3,(H,30,32,33)/t21-,22?,23-,25?/m1/s1. The molecule has 1 N–H and O–H groups in total. The summed E-state index contributed by atoms with van der Waals surface area (Å²) in [6.45, 7) is 8.33. The molecule has 0 saturated carbocycles. The number of aromatic nitrogens is 2. The van der Waals surface area contributed by atoms with E-state index in [-0.39, 0.29) is 11.6 Å². The minimum Gasteiger partial charge on any atom is -0.405 e. The number of alkyl halides is 2. The van der Waals surface area contributed by atoms with Crippen molar-refractivity contribution < 1.29 is 13.6 Å². The van der Waals surface area contributed by atoms with Gasteiger partial charge in [-0.15, -0.1) is 0 Å². The molecule has 0 amide bonds. The van der Waals surface area contributed by atoms with Gasteiger partial charge in [-0.05, 0) is 22.3 Å². The molecular weight excluding hydrogens is 590 g/mol. The molecule has 1 aliphatic rings. The van der Waals surface area contributed by atoms with Crippen molar-refractivity contribution in [3.63, 3.8) is 0 Å². The second kappa shape index (κ2) is 10.7. The highest BCUT2D eigenvalue weighted by molar-refractivity contribution is 14.1. The highest BCUT2D eigenvalue weighted by Crippen LogP contribution is 2.40. The summed E-state index contributed by atoms with van der Waals surface area (Å²) in [5, 5.41) is 2.04. The van der Waals surface area contributed by atoms with E-state index in [1.165, 1.54) is 6.20 Å². The second-order valence-corrected chi connectivity index (χ2v) is 15.5. The van der Waals surface area contributed by atoms with Gasteiger partial charge in [0, 0.05) is 22.1 Å². The number of hydrogen-bond acceptors (Lipinski definition) is 4. The fraction of sp³-hybridized carbons (Fsp3) is 0.407. The van der Waals surface area contributed by atoms with Crippen molar-refractivity contribution in [3.05, 3.63) is 93.3 Å². The summed E-state index contributed by atoms with van der Waals surface area (Å²) in [5.41, 5.74) is -0.843. The topological polar surface area (TPSA) is 73.3 Å². The lowest BCUT2D eigenvalue weighted by molar-refractivity contribution is -0.0392. The highest BCUT2D eigenvalue weighted by atomic mass is 127. The third-order valence-corrected chi connectivity index (χ3v) is 13.0. The van der Waals surface area contributed by atoms with E-state index in [1.54, 1.807) is 6.92 Å². The van der Waals surface area contributed by atoms with Crippen LogP contribution in [-0.4, -0.2) is 41.2 Å². The van der Waals surface area contributed by atoms with E-state index in [2.05, 4.69) is 72.6 Å². The Bertz CT molecular complexity index is 1250. The Balaban J connectivity index is 1.71. The molecule has 2 aromatic carbocycles. The SMILES string of the molecule is Cc1cn(C2OC(CO[Si](c3ccccc3)(c3ccccc3)C(C)(C)C)[C@@H](CI)[C@H]2F)c(=O)[nH]c1=O. The van der Waals surface area contributed by atoms with Crippen molar-refractivity contribution in [3.8, 4) is 0 Å². The summed E-state index contributed by atoms with van der Waals surface area (Å²) < 4.78 is 30.5. The van der Waals surface area contributed by atoms with Crippen molar-refractivity contribution >= 4 is 41.3 Å². The maximum absolute atomic E-state index is 15.7. The van der Waals surface area contributed by atoms with E-state index in [0.717, 1.165) is 14.9 Å². The van der Waals surface area contributed by atoms with Crippen molar-refractivity contribution in [2.45, 2.75) is 51.2 Å². The van der Waals surface area contributed by atoms with Crippen LogP contribution in [0.2, 0.25) is 5.04 Å². The summed E-state index contributed by atoms with van der Waals surface area (Å²) in [4.78, 5) is 26.6. The maximum Gasteiger partial charge on any atom is 0.330 e. The first kappa shape index (κ1) is 27.0. The lowest BCUT2D eigenvalue weighted by atomic mass is 10.0. The smallest absolute Gasteiger partial charge is 0.330 e. The van der Waals surface area contributed by atoms with E-state index >= 15 is 4.39 Å². The Morgan fingerprint density at radius 2 is 1.61 bits per heavy atom. The molecule has 0 spiro atoms. The van der Waals surface area contributed by atoms with Gasteiger partial charge in [-0.25, -0.2) is 9.18 Å². The van der Waals surface area contributed by atoms with Gasteiger partial charge in [0.15, 0.2) is 12.4 Å². The fourth-order valence-corrected chi connectivity index (χ4v) is 10.7. The molecule has 2 heterocycles. The van der Waals surface area contributed by atoms with Crippen molar-refractivity contribution in [1.82, 2.24) is 9.55 Å². The zero-order valence-corrected chi connectivity index (χ0v) is 24.1. The number of benzene rings is 2. The summed E-state index contributed by atoms with van der Waals surface area (Å²) in [6.07, 6.45) is -1.73. The third kappa shape index (κ3) is 4.90. The molecule has 0 bridgehead atoms. The zero-order valence-electron chi connectivity index (χ0n) is 20.9. The molecule has 1 fully saturated rings. The largest absolute Gasteiger partial charge is 0.405 e. The first-order valence-corrected chi connectivity index (χ1v) is 15.5. The van der Waals surface area contributed by atoms with Crippen LogP contribution in [0.4, 0.5) is 4.39 Å². The quantitative estimate of drug-likeness (QED) is 0.248. The second-order valence-electron chi connectivity index (χ2n) is 10.3. The Labute approximate surface area is 225 Å². The molecule has 0 aliphatic carbocycles. The molecule has 1 aromatic heterocycles. The minimum atomic E-state index is -2.83. The van der Waals surface area contributed by atoms with Gasteiger partial charge in [0.25, 0.3) is 13.9 Å². The average molecular weight is 623 g/mol. The average Bonchev–Trinajstić information content (AvgIpc) is 3.17. The van der Waals surface area contributed by atoms with E-state index in [4.69, 9.17) is 9.16 Å². The van der Waals surface area contributed by atoms with Gasteiger partial charge >= 0.3 is 5.69 Å². The Hall–Kier alpha value is -2.08. The van der Waals surface area contributed by atoms with Gasteiger partial charge in [-0.2, -0.15) is 0 Å². The predicted molar refractivity (Wildman–Crippen MR) is 151 cm³/mol. The lowest BCUT2D eigenvalue weighted by Crippen LogP contribution is -2.67. The number of nitrogens with zero attached hydrogens (tertiary/aromatic N) is 1. The Morgan fingerprint density at radius 1 is 1.06 bits per heavy atom. The molecule has 9 heteroatoms. The first-order chi connectivity index (χ1) is 17.1. The number of H-pyrrole nitrogens is 1.